The first-order valence-corrected chi connectivity index (χ1v) is 8.96. The average molecular weight is 407 g/mol. The van der Waals surface area contributed by atoms with Crippen molar-refractivity contribution in [2.24, 2.45) is 0 Å². The van der Waals surface area contributed by atoms with E-state index in [9.17, 15) is 4.79 Å². The van der Waals surface area contributed by atoms with Gasteiger partial charge in [0.2, 0.25) is 0 Å². The highest BCUT2D eigenvalue weighted by molar-refractivity contribution is 6.36. The zero-order chi connectivity index (χ0) is 20.0. The van der Waals surface area contributed by atoms with E-state index in [0.29, 0.717) is 33.7 Å². The second-order valence-electron chi connectivity index (χ2n) is 6.52. The number of halogens is 2. The summed E-state index contributed by atoms with van der Waals surface area (Å²) in [5.74, 6) is 0.489. The smallest absolute Gasteiger partial charge is 0.257 e. The van der Waals surface area contributed by atoms with Gasteiger partial charge in [0.15, 0.2) is 18.1 Å². The standard InChI is InChI=1S/C20H20Cl2N2O3/c1-20(2,19-14(21)5-4-6-15(19)22)12-24-18(25)11-27-16-8-7-13(10-23)9-17(16)26-3/h4-9H,11-12H2,1-3H3,(H,24,25). The van der Waals surface area contributed by atoms with Crippen LogP contribution in [0.5, 0.6) is 11.5 Å². The van der Waals surface area contributed by atoms with E-state index in [-0.39, 0.29) is 12.5 Å². The van der Waals surface area contributed by atoms with Crippen molar-refractivity contribution < 1.29 is 14.3 Å². The number of carbonyl (C=O) groups excluding carboxylic acids is 1. The van der Waals surface area contributed by atoms with Crippen molar-refractivity contribution >= 4 is 29.1 Å². The topological polar surface area (TPSA) is 71.3 Å². The molecule has 1 amide bonds. The lowest BCUT2D eigenvalue weighted by molar-refractivity contribution is -0.123. The Morgan fingerprint density at radius 3 is 2.44 bits per heavy atom. The summed E-state index contributed by atoms with van der Waals surface area (Å²) < 4.78 is 10.7. The molecule has 0 saturated carbocycles. The minimum atomic E-state index is -0.461. The number of rotatable bonds is 7. The number of benzene rings is 2. The van der Waals surface area contributed by atoms with Gasteiger partial charge in [-0.15, -0.1) is 0 Å². The Morgan fingerprint density at radius 1 is 1.19 bits per heavy atom. The summed E-state index contributed by atoms with van der Waals surface area (Å²) in [6.07, 6.45) is 0. The number of carbonyl (C=O) groups is 1. The molecule has 0 heterocycles. The number of nitrogens with one attached hydrogen (secondary N) is 1. The molecule has 2 aromatic rings. The Bertz CT molecular complexity index is 856. The summed E-state index contributed by atoms with van der Waals surface area (Å²) in [4.78, 5) is 12.2. The van der Waals surface area contributed by atoms with Gasteiger partial charge >= 0.3 is 0 Å². The zero-order valence-corrected chi connectivity index (χ0v) is 16.8. The van der Waals surface area contributed by atoms with E-state index in [1.54, 1.807) is 36.4 Å². The molecule has 0 radical (unpaired) electrons. The molecule has 1 N–H and O–H groups in total. The minimum Gasteiger partial charge on any atom is -0.493 e. The fraction of sp³-hybridized carbons (Fsp3) is 0.300. The Kier molecular flexibility index (Phi) is 6.95. The summed E-state index contributed by atoms with van der Waals surface area (Å²) in [6.45, 7) is 4.05. The minimum absolute atomic E-state index is 0.186. The molecule has 0 aromatic heterocycles. The predicted octanol–water partition coefficient (Wildman–Crippen LogP) is 4.35. The zero-order valence-electron chi connectivity index (χ0n) is 15.3. The lowest BCUT2D eigenvalue weighted by atomic mass is 9.84. The Balaban J connectivity index is 1.98. The molecule has 0 fully saturated rings. The maximum atomic E-state index is 12.2. The second-order valence-corrected chi connectivity index (χ2v) is 7.34. The van der Waals surface area contributed by atoms with Crippen molar-refractivity contribution in [1.82, 2.24) is 5.32 Å². The molecule has 0 unspecified atom stereocenters. The van der Waals surface area contributed by atoms with Crippen LogP contribution >= 0.6 is 23.2 Å². The first kappa shape index (κ1) is 20.9. The molecule has 0 spiro atoms. The van der Waals surface area contributed by atoms with Gasteiger partial charge in [0.25, 0.3) is 5.91 Å². The van der Waals surface area contributed by atoms with Gasteiger partial charge in [-0.05, 0) is 29.8 Å². The third kappa shape index (κ3) is 5.29. The van der Waals surface area contributed by atoms with Crippen LogP contribution < -0.4 is 14.8 Å². The molecule has 142 valence electrons. The molecule has 5 nitrogen and oxygen atoms in total. The van der Waals surface area contributed by atoms with Crippen molar-refractivity contribution in [3.8, 4) is 17.6 Å². The molecular formula is C20H20Cl2N2O3. The van der Waals surface area contributed by atoms with Gasteiger partial charge in [0.05, 0.1) is 18.7 Å². The van der Waals surface area contributed by atoms with Gasteiger partial charge in [-0.3, -0.25) is 4.79 Å². The lowest BCUT2D eigenvalue weighted by Crippen LogP contribution is -2.39. The fourth-order valence-corrected chi connectivity index (χ4v) is 3.51. The van der Waals surface area contributed by atoms with Crippen LogP contribution in [0.4, 0.5) is 0 Å². The first-order valence-electron chi connectivity index (χ1n) is 8.20. The van der Waals surface area contributed by atoms with Gasteiger partial charge in [-0.25, -0.2) is 0 Å². The summed E-state index contributed by atoms with van der Waals surface area (Å²) in [6, 6.07) is 12.1. The SMILES string of the molecule is COc1cc(C#N)ccc1OCC(=O)NCC(C)(C)c1c(Cl)cccc1Cl. The molecule has 27 heavy (non-hydrogen) atoms. The Labute approximate surface area is 168 Å². The summed E-state index contributed by atoms with van der Waals surface area (Å²) in [7, 11) is 1.47. The maximum Gasteiger partial charge on any atom is 0.257 e. The van der Waals surface area contributed by atoms with Crippen molar-refractivity contribution in [3.63, 3.8) is 0 Å². The number of hydrogen-bond donors (Lipinski definition) is 1. The summed E-state index contributed by atoms with van der Waals surface area (Å²) in [5, 5.41) is 12.9. The van der Waals surface area contributed by atoms with E-state index in [4.69, 9.17) is 37.9 Å². The van der Waals surface area contributed by atoms with Crippen LogP contribution in [0.3, 0.4) is 0 Å². The molecule has 2 rings (SSSR count). The van der Waals surface area contributed by atoms with Crippen molar-refractivity contribution in [2.75, 3.05) is 20.3 Å². The van der Waals surface area contributed by atoms with Crippen molar-refractivity contribution in [1.29, 1.82) is 5.26 Å². The lowest BCUT2D eigenvalue weighted by Gasteiger charge is -2.27. The molecule has 0 aliphatic heterocycles. The second kappa shape index (κ2) is 8.98. The van der Waals surface area contributed by atoms with Crippen LogP contribution in [0.25, 0.3) is 0 Å². The average Bonchev–Trinajstić information content (AvgIpc) is 2.64. The van der Waals surface area contributed by atoms with Crippen LogP contribution in [0.1, 0.15) is 25.0 Å². The number of amides is 1. The van der Waals surface area contributed by atoms with Gasteiger partial charge < -0.3 is 14.8 Å². The Hall–Kier alpha value is -2.42. The number of nitrogens with zero attached hydrogens (tertiary/aromatic N) is 1. The van der Waals surface area contributed by atoms with Crippen LogP contribution in [0.2, 0.25) is 10.0 Å². The van der Waals surface area contributed by atoms with Crippen molar-refractivity contribution in [3.05, 3.63) is 57.6 Å². The van der Waals surface area contributed by atoms with Crippen LogP contribution in [-0.4, -0.2) is 26.2 Å². The van der Waals surface area contributed by atoms with Crippen LogP contribution in [0, 0.1) is 11.3 Å². The normalized spacial score (nSPS) is 10.8. The highest BCUT2D eigenvalue weighted by atomic mass is 35.5. The highest BCUT2D eigenvalue weighted by Gasteiger charge is 2.26. The first-order chi connectivity index (χ1) is 12.8. The maximum absolute atomic E-state index is 12.2. The van der Waals surface area contributed by atoms with E-state index in [1.165, 1.54) is 7.11 Å². The van der Waals surface area contributed by atoms with Crippen molar-refractivity contribution in [2.45, 2.75) is 19.3 Å². The molecule has 0 saturated heterocycles. The van der Waals surface area contributed by atoms with Crippen LogP contribution in [-0.2, 0) is 10.2 Å². The van der Waals surface area contributed by atoms with Gasteiger partial charge in [-0.1, -0.05) is 43.1 Å². The quantitative estimate of drug-likeness (QED) is 0.741. The molecule has 0 atom stereocenters. The van der Waals surface area contributed by atoms with Gasteiger partial charge in [0.1, 0.15) is 0 Å². The summed E-state index contributed by atoms with van der Waals surface area (Å²) in [5.41, 5.74) is 0.766. The van der Waals surface area contributed by atoms with E-state index < -0.39 is 5.41 Å². The van der Waals surface area contributed by atoms with Gasteiger partial charge in [0, 0.05) is 28.1 Å². The predicted molar refractivity (Wildman–Crippen MR) is 106 cm³/mol. The number of methoxy groups -OCH3 is 1. The van der Waals surface area contributed by atoms with E-state index in [1.807, 2.05) is 19.9 Å². The van der Waals surface area contributed by atoms with Crippen LogP contribution in [0.15, 0.2) is 36.4 Å². The number of hydrogen-bond acceptors (Lipinski definition) is 4. The van der Waals surface area contributed by atoms with E-state index in [2.05, 4.69) is 5.32 Å². The Morgan fingerprint density at radius 2 is 1.85 bits per heavy atom. The van der Waals surface area contributed by atoms with E-state index >= 15 is 0 Å². The summed E-state index contributed by atoms with van der Waals surface area (Å²) >= 11 is 12.5. The third-order valence-corrected chi connectivity index (χ3v) is 4.65. The molecular weight excluding hydrogens is 387 g/mol. The molecule has 0 bridgehead atoms. The molecule has 7 heteroatoms. The third-order valence-electron chi connectivity index (χ3n) is 4.02. The van der Waals surface area contributed by atoms with E-state index in [0.717, 1.165) is 5.56 Å². The molecule has 2 aromatic carbocycles. The molecule has 0 aliphatic carbocycles. The highest BCUT2D eigenvalue weighted by Crippen LogP contribution is 2.35. The molecule has 0 aliphatic rings. The number of ether oxygens (including phenoxy) is 2. The largest absolute Gasteiger partial charge is 0.493 e. The number of nitriles is 1. The monoisotopic (exact) mass is 406 g/mol. The van der Waals surface area contributed by atoms with Gasteiger partial charge in [-0.2, -0.15) is 5.26 Å². The fourth-order valence-electron chi connectivity index (χ4n) is 2.60.